The topological polar surface area (TPSA) is 75.7 Å². The van der Waals surface area contributed by atoms with E-state index in [2.05, 4.69) is 5.32 Å². The van der Waals surface area contributed by atoms with Crippen LogP contribution in [-0.2, 0) is 14.8 Å². The minimum Gasteiger partial charge on any atom is -0.484 e. The second-order valence-electron chi connectivity index (χ2n) is 7.59. The summed E-state index contributed by atoms with van der Waals surface area (Å²) in [5.41, 5.74) is 3.16. The molecule has 1 fully saturated rings. The van der Waals surface area contributed by atoms with Gasteiger partial charge in [-0.1, -0.05) is 23.8 Å². The van der Waals surface area contributed by atoms with E-state index < -0.39 is 10.0 Å². The van der Waals surface area contributed by atoms with Gasteiger partial charge in [-0.15, -0.1) is 0 Å². The first-order valence-electron chi connectivity index (χ1n) is 9.82. The molecule has 2 aromatic rings. The lowest BCUT2D eigenvalue weighted by atomic mass is 10.1. The van der Waals surface area contributed by atoms with Crippen molar-refractivity contribution in [2.45, 2.75) is 44.6 Å². The molecule has 1 N–H and O–H groups in total. The van der Waals surface area contributed by atoms with Crippen LogP contribution in [0.5, 0.6) is 5.75 Å². The largest absolute Gasteiger partial charge is 0.484 e. The normalized spacial score (nSPS) is 15.8. The molecule has 1 amide bonds. The van der Waals surface area contributed by atoms with E-state index in [1.54, 1.807) is 12.1 Å². The summed E-state index contributed by atoms with van der Waals surface area (Å²) in [6, 6.07) is 12.7. The van der Waals surface area contributed by atoms with E-state index in [0.29, 0.717) is 36.6 Å². The highest BCUT2D eigenvalue weighted by molar-refractivity contribution is 7.89. The molecule has 0 aromatic heterocycles. The molecule has 0 bridgehead atoms. The van der Waals surface area contributed by atoms with E-state index in [-0.39, 0.29) is 18.6 Å². The van der Waals surface area contributed by atoms with Crippen LogP contribution in [0.2, 0.25) is 0 Å². The molecule has 6 nitrogen and oxygen atoms in total. The third-order valence-corrected chi connectivity index (χ3v) is 7.22. The van der Waals surface area contributed by atoms with Crippen LogP contribution in [0.25, 0.3) is 0 Å². The highest BCUT2D eigenvalue weighted by Crippen LogP contribution is 2.22. The molecule has 0 radical (unpaired) electrons. The molecule has 0 saturated carbocycles. The Kier molecular flexibility index (Phi) is 6.59. The molecule has 7 heteroatoms. The lowest BCUT2D eigenvalue weighted by Gasteiger charge is -2.31. The molecule has 2 aromatic carbocycles. The molecule has 1 heterocycles. The van der Waals surface area contributed by atoms with Crippen molar-refractivity contribution in [2.75, 3.05) is 19.7 Å². The number of nitrogens with one attached hydrogen (secondary N) is 1. The van der Waals surface area contributed by atoms with E-state index in [1.807, 2.05) is 51.1 Å². The molecular weight excluding hydrogens is 388 g/mol. The van der Waals surface area contributed by atoms with Crippen molar-refractivity contribution in [1.29, 1.82) is 0 Å². The third-order valence-electron chi connectivity index (χ3n) is 5.33. The Morgan fingerprint density at radius 2 is 1.69 bits per heavy atom. The van der Waals surface area contributed by atoms with Crippen molar-refractivity contribution in [2.24, 2.45) is 0 Å². The van der Waals surface area contributed by atoms with Gasteiger partial charge in [0.1, 0.15) is 5.75 Å². The number of piperidine rings is 1. The van der Waals surface area contributed by atoms with Gasteiger partial charge in [0.2, 0.25) is 10.0 Å². The molecule has 29 heavy (non-hydrogen) atoms. The van der Waals surface area contributed by atoms with Crippen molar-refractivity contribution >= 4 is 15.9 Å². The molecule has 0 spiro atoms. The lowest BCUT2D eigenvalue weighted by Crippen LogP contribution is -2.47. The molecule has 156 valence electrons. The number of carbonyl (C=O) groups excluding carboxylic acids is 1. The first-order valence-corrected chi connectivity index (χ1v) is 11.3. The van der Waals surface area contributed by atoms with Crippen LogP contribution in [0.15, 0.2) is 47.4 Å². The quantitative estimate of drug-likeness (QED) is 0.786. The van der Waals surface area contributed by atoms with Gasteiger partial charge in [0, 0.05) is 19.1 Å². The van der Waals surface area contributed by atoms with Gasteiger partial charge in [-0.2, -0.15) is 4.31 Å². The first-order chi connectivity index (χ1) is 13.8. The maximum Gasteiger partial charge on any atom is 0.258 e. The zero-order valence-corrected chi connectivity index (χ0v) is 18.0. The van der Waals surface area contributed by atoms with E-state index in [0.717, 1.165) is 16.7 Å². The van der Waals surface area contributed by atoms with Crippen molar-refractivity contribution in [1.82, 2.24) is 9.62 Å². The number of rotatable bonds is 6. The number of sulfonamides is 1. The summed E-state index contributed by atoms with van der Waals surface area (Å²) >= 11 is 0. The van der Waals surface area contributed by atoms with Crippen molar-refractivity contribution in [3.8, 4) is 5.75 Å². The zero-order chi connectivity index (χ0) is 21.0. The summed E-state index contributed by atoms with van der Waals surface area (Å²) in [6.45, 7) is 6.59. The van der Waals surface area contributed by atoms with Crippen LogP contribution < -0.4 is 10.1 Å². The van der Waals surface area contributed by atoms with E-state index in [4.69, 9.17) is 4.74 Å². The fraction of sp³-hybridized carbons (Fsp3) is 0.409. The van der Waals surface area contributed by atoms with Crippen LogP contribution >= 0.6 is 0 Å². The standard InChI is InChI=1S/C22H28N2O4S/c1-16-4-7-20(8-5-16)28-15-22(25)23-19-10-12-24(13-11-19)29(26,27)21-9-6-17(2)18(3)14-21/h4-9,14,19H,10-13,15H2,1-3H3,(H,23,25). The average molecular weight is 417 g/mol. The van der Waals surface area contributed by atoms with Crippen molar-refractivity contribution in [3.63, 3.8) is 0 Å². The maximum atomic E-state index is 12.9. The second-order valence-corrected chi connectivity index (χ2v) is 9.53. The molecule has 0 aliphatic carbocycles. The fourth-order valence-corrected chi connectivity index (χ4v) is 4.87. The highest BCUT2D eigenvalue weighted by atomic mass is 32.2. The van der Waals surface area contributed by atoms with Crippen molar-refractivity contribution in [3.05, 3.63) is 59.2 Å². The second kappa shape index (κ2) is 8.97. The number of benzene rings is 2. The molecule has 0 unspecified atom stereocenters. The predicted octanol–water partition coefficient (Wildman–Crippen LogP) is 2.96. The Morgan fingerprint density at radius 3 is 2.31 bits per heavy atom. The number of carbonyl (C=O) groups is 1. The summed E-state index contributed by atoms with van der Waals surface area (Å²) in [5, 5.41) is 2.94. The Hall–Kier alpha value is -2.38. The Morgan fingerprint density at radius 1 is 1.03 bits per heavy atom. The van der Waals surface area contributed by atoms with Gasteiger partial charge in [0.15, 0.2) is 6.61 Å². The third kappa shape index (κ3) is 5.36. The molecular formula is C22H28N2O4S. The Labute approximate surface area is 172 Å². The highest BCUT2D eigenvalue weighted by Gasteiger charge is 2.30. The van der Waals surface area contributed by atoms with Crippen LogP contribution in [0.4, 0.5) is 0 Å². The summed E-state index contributed by atoms with van der Waals surface area (Å²) in [5.74, 6) is 0.459. The summed E-state index contributed by atoms with van der Waals surface area (Å²) in [6.07, 6.45) is 1.17. The maximum absolute atomic E-state index is 12.9. The van der Waals surface area contributed by atoms with E-state index in [1.165, 1.54) is 4.31 Å². The van der Waals surface area contributed by atoms with Gasteiger partial charge < -0.3 is 10.1 Å². The fourth-order valence-electron chi connectivity index (χ4n) is 3.32. The van der Waals surface area contributed by atoms with Crippen LogP contribution in [0, 0.1) is 20.8 Å². The lowest BCUT2D eigenvalue weighted by molar-refractivity contribution is -0.124. The Balaban J connectivity index is 1.50. The van der Waals surface area contributed by atoms with Crippen LogP contribution in [-0.4, -0.2) is 44.4 Å². The van der Waals surface area contributed by atoms with Gasteiger partial charge in [0.25, 0.3) is 5.91 Å². The first kappa shape index (κ1) is 21.3. The molecule has 0 atom stereocenters. The van der Waals surface area contributed by atoms with Gasteiger partial charge in [-0.25, -0.2) is 8.42 Å². The Bertz CT molecular complexity index is 963. The SMILES string of the molecule is Cc1ccc(OCC(=O)NC2CCN(S(=O)(=O)c3ccc(C)c(C)c3)CC2)cc1. The monoisotopic (exact) mass is 416 g/mol. The van der Waals surface area contributed by atoms with Crippen LogP contribution in [0.3, 0.4) is 0 Å². The van der Waals surface area contributed by atoms with Crippen LogP contribution in [0.1, 0.15) is 29.5 Å². The summed E-state index contributed by atoms with van der Waals surface area (Å²) in [7, 11) is -3.51. The molecule has 3 rings (SSSR count). The van der Waals surface area contributed by atoms with E-state index >= 15 is 0 Å². The van der Waals surface area contributed by atoms with Gasteiger partial charge in [0.05, 0.1) is 4.90 Å². The number of hydrogen-bond acceptors (Lipinski definition) is 4. The van der Waals surface area contributed by atoms with Gasteiger partial charge in [-0.3, -0.25) is 4.79 Å². The number of nitrogens with zero attached hydrogens (tertiary/aromatic N) is 1. The average Bonchev–Trinajstić information content (AvgIpc) is 2.70. The van der Waals surface area contributed by atoms with Gasteiger partial charge in [-0.05, 0) is 69.0 Å². The minimum absolute atomic E-state index is 0.0460. The summed E-state index contributed by atoms with van der Waals surface area (Å²) < 4.78 is 32.8. The smallest absolute Gasteiger partial charge is 0.258 e. The minimum atomic E-state index is -3.51. The molecule has 1 saturated heterocycles. The number of aryl methyl sites for hydroxylation is 3. The number of hydrogen-bond donors (Lipinski definition) is 1. The van der Waals surface area contributed by atoms with E-state index in [9.17, 15) is 13.2 Å². The van der Waals surface area contributed by atoms with Gasteiger partial charge >= 0.3 is 0 Å². The number of ether oxygens (including phenoxy) is 1. The molecule has 1 aliphatic rings. The van der Waals surface area contributed by atoms with Crippen molar-refractivity contribution < 1.29 is 17.9 Å². The predicted molar refractivity (Wildman–Crippen MR) is 113 cm³/mol. The number of amides is 1. The summed E-state index contributed by atoms with van der Waals surface area (Å²) in [4.78, 5) is 12.5. The zero-order valence-electron chi connectivity index (χ0n) is 17.1. The molecule has 1 aliphatic heterocycles.